The van der Waals surface area contributed by atoms with Crippen LogP contribution in [0.1, 0.15) is 55.4 Å². The lowest BCUT2D eigenvalue weighted by atomic mass is 9.84. The van der Waals surface area contributed by atoms with E-state index < -0.39 is 22.2 Å². The van der Waals surface area contributed by atoms with E-state index in [1.54, 1.807) is 61.5 Å². The van der Waals surface area contributed by atoms with Gasteiger partial charge in [0, 0.05) is 5.21 Å². The molecular formula is C15H25N3O3. The lowest BCUT2D eigenvalue weighted by molar-refractivity contribution is -0.539. The van der Waals surface area contributed by atoms with Crippen LogP contribution in [-0.4, -0.2) is 42.9 Å². The van der Waals surface area contributed by atoms with Crippen molar-refractivity contribution in [3.05, 3.63) is 16.9 Å². The summed E-state index contributed by atoms with van der Waals surface area (Å²) < 4.78 is 0.767. The second kappa shape index (κ2) is 4.00. The molecule has 6 heteroatoms. The van der Waals surface area contributed by atoms with E-state index in [1.807, 2.05) is 0 Å². The Hall–Kier alpha value is -1.11. The molecule has 2 rings (SSSR count). The molecule has 0 amide bonds. The summed E-state index contributed by atoms with van der Waals surface area (Å²) in [5.74, 6) is 0.0569. The van der Waals surface area contributed by atoms with Crippen LogP contribution in [0.15, 0.2) is 11.6 Å². The first-order valence-corrected chi connectivity index (χ1v) is 7.22. The van der Waals surface area contributed by atoms with Crippen molar-refractivity contribution in [3.63, 3.8) is 0 Å². The molecule has 0 saturated carbocycles. The van der Waals surface area contributed by atoms with Crippen LogP contribution in [0.5, 0.6) is 0 Å². The van der Waals surface area contributed by atoms with Gasteiger partial charge in [0.1, 0.15) is 5.54 Å². The lowest BCUT2D eigenvalue weighted by Crippen LogP contribution is -2.53. The van der Waals surface area contributed by atoms with Gasteiger partial charge in [-0.25, -0.2) is 0 Å². The molecule has 0 N–H and O–H groups in total. The Labute approximate surface area is 126 Å². The Bertz CT molecular complexity index is 544. The highest BCUT2D eigenvalue weighted by Crippen LogP contribution is 2.44. The van der Waals surface area contributed by atoms with Gasteiger partial charge < -0.3 is 5.21 Å². The van der Waals surface area contributed by atoms with Crippen molar-refractivity contribution in [2.45, 2.75) is 77.5 Å². The fraction of sp³-hybridized carbons (Fsp3) is 0.800. The summed E-state index contributed by atoms with van der Waals surface area (Å²) in [5, 5.41) is 39.6. The Morgan fingerprint density at radius 3 is 1.76 bits per heavy atom. The Balaban J connectivity index is 2.65. The van der Waals surface area contributed by atoms with Crippen molar-refractivity contribution in [2.24, 2.45) is 0 Å². The van der Waals surface area contributed by atoms with Crippen LogP contribution in [0.25, 0.3) is 0 Å². The van der Waals surface area contributed by atoms with E-state index in [9.17, 15) is 15.6 Å². The van der Waals surface area contributed by atoms with Crippen LogP contribution < -0.4 is 0 Å². The Morgan fingerprint density at radius 1 is 1.00 bits per heavy atom. The lowest BCUT2D eigenvalue weighted by Gasteiger charge is -2.33. The van der Waals surface area contributed by atoms with Crippen molar-refractivity contribution < 1.29 is 15.2 Å². The largest absolute Gasteiger partial charge is 0.714 e. The molecule has 0 unspecified atom stereocenters. The van der Waals surface area contributed by atoms with Crippen LogP contribution in [0.4, 0.5) is 0 Å². The topological polar surface area (TPSA) is 72.3 Å². The molecule has 0 aromatic rings. The second-order valence-electron chi connectivity index (χ2n) is 8.10. The summed E-state index contributed by atoms with van der Waals surface area (Å²) in [6, 6.07) is 0. The molecule has 0 saturated heterocycles. The number of rotatable bonds is 1. The van der Waals surface area contributed by atoms with Gasteiger partial charge in [-0.1, -0.05) is 5.06 Å². The van der Waals surface area contributed by atoms with Crippen LogP contribution in [0.3, 0.4) is 0 Å². The molecule has 2 radical (unpaired) electrons. The first-order valence-electron chi connectivity index (χ1n) is 7.22. The monoisotopic (exact) mass is 295 g/mol. The highest BCUT2D eigenvalue weighted by molar-refractivity contribution is 5.98. The van der Waals surface area contributed by atoms with Crippen molar-refractivity contribution in [2.75, 3.05) is 0 Å². The number of nitrogens with zero attached hydrogens (tertiary/aromatic N) is 3. The van der Waals surface area contributed by atoms with Gasteiger partial charge in [-0.3, -0.25) is 4.74 Å². The first kappa shape index (κ1) is 16.3. The maximum absolute atomic E-state index is 12.7. The predicted molar refractivity (Wildman–Crippen MR) is 78.1 cm³/mol. The van der Waals surface area contributed by atoms with Gasteiger partial charge in [-0.15, -0.1) is 10.3 Å². The smallest absolute Gasteiger partial charge is 0.314 e. The number of hydrogen-bond acceptors (Lipinski definition) is 3. The number of hydroxylamine groups is 5. The van der Waals surface area contributed by atoms with E-state index in [0.29, 0.717) is 5.57 Å². The van der Waals surface area contributed by atoms with E-state index >= 15 is 0 Å². The van der Waals surface area contributed by atoms with E-state index in [1.165, 1.54) is 0 Å². The summed E-state index contributed by atoms with van der Waals surface area (Å²) in [4.78, 5) is 0. The third kappa shape index (κ3) is 1.79. The van der Waals surface area contributed by atoms with E-state index in [4.69, 9.17) is 0 Å². The van der Waals surface area contributed by atoms with Crippen LogP contribution in [0.2, 0.25) is 0 Å². The summed E-state index contributed by atoms with van der Waals surface area (Å²) in [5.41, 5.74) is -2.90. The van der Waals surface area contributed by atoms with Gasteiger partial charge in [0.2, 0.25) is 0 Å². The third-order valence-electron chi connectivity index (χ3n) is 5.33. The minimum absolute atomic E-state index is 0.0569. The van der Waals surface area contributed by atoms with Gasteiger partial charge in [0.25, 0.3) is 0 Å². The molecule has 0 aromatic heterocycles. The highest BCUT2D eigenvalue weighted by Gasteiger charge is 2.63. The van der Waals surface area contributed by atoms with Crippen LogP contribution in [0, 0.1) is 5.21 Å². The molecule has 0 bridgehead atoms. The fourth-order valence-electron chi connectivity index (χ4n) is 3.08. The molecule has 2 aliphatic heterocycles. The third-order valence-corrected chi connectivity index (χ3v) is 5.33. The summed E-state index contributed by atoms with van der Waals surface area (Å²) in [7, 11) is 0. The normalized spacial score (nSPS) is 30.0. The second-order valence-corrected chi connectivity index (χ2v) is 8.10. The van der Waals surface area contributed by atoms with Crippen molar-refractivity contribution in [1.82, 2.24) is 10.1 Å². The number of amidine groups is 1. The average Bonchev–Trinajstić information content (AvgIpc) is 2.55. The predicted octanol–water partition coefficient (Wildman–Crippen LogP) is 2.26. The number of hydrogen-bond donors (Lipinski definition) is 0. The Morgan fingerprint density at radius 2 is 1.48 bits per heavy atom. The molecule has 2 aliphatic rings. The van der Waals surface area contributed by atoms with Gasteiger partial charge >= 0.3 is 5.84 Å². The molecule has 2 heterocycles. The zero-order chi connectivity index (χ0) is 16.6. The van der Waals surface area contributed by atoms with Gasteiger partial charge in [-0.2, -0.15) is 0 Å². The molecule has 6 nitrogen and oxygen atoms in total. The average molecular weight is 295 g/mol. The Kier molecular flexibility index (Phi) is 3.10. The molecule has 0 aromatic carbocycles. The zero-order valence-electron chi connectivity index (χ0n) is 14.1. The first-order chi connectivity index (χ1) is 9.19. The highest BCUT2D eigenvalue weighted by atomic mass is 16.5. The minimum atomic E-state index is -0.916. The molecule has 0 fully saturated rings. The minimum Gasteiger partial charge on any atom is -0.714 e. The van der Waals surface area contributed by atoms with Gasteiger partial charge in [-0.05, 0) is 61.5 Å². The molecule has 0 aliphatic carbocycles. The van der Waals surface area contributed by atoms with Crippen molar-refractivity contribution in [1.29, 1.82) is 0 Å². The molecular weight excluding hydrogens is 270 g/mol. The molecule has 0 atom stereocenters. The van der Waals surface area contributed by atoms with Crippen LogP contribution >= 0.6 is 0 Å². The zero-order valence-corrected chi connectivity index (χ0v) is 14.1. The fourth-order valence-corrected chi connectivity index (χ4v) is 3.08. The van der Waals surface area contributed by atoms with Crippen molar-refractivity contribution >= 4 is 5.84 Å². The molecule has 0 spiro atoms. The van der Waals surface area contributed by atoms with E-state index in [0.717, 1.165) is 14.9 Å². The van der Waals surface area contributed by atoms with Crippen LogP contribution in [-0.2, 0) is 10.4 Å². The summed E-state index contributed by atoms with van der Waals surface area (Å²) >= 11 is 0. The van der Waals surface area contributed by atoms with Crippen molar-refractivity contribution in [3.8, 4) is 0 Å². The van der Waals surface area contributed by atoms with Gasteiger partial charge in [0.15, 0.2) is 5.54 Å². The SMILES string of the molecule is CC1(C)C=C(C2=[N+]([O-])C(C)(C)C(C)(C)N2[O])C(C)(C)N1[O]. The summed E-state index contributed by atoms with van der Waals surface area (Å²) in [6.45, 7) is 14.1. The van der Waals surface area contributed by atoms with Gasteiger partial charge in [0.05, 0.1) is 16.7 Å². The molecule has 21 heavy (non-hydrogen) atoms. The standard InChI is InChI=1S/C15H25N3O3/c1-12(2)9-10(13(3,4)18(12)21)11-16(19)14(5,6)15(7,8)17(11)20/h9H,1-8H3. The molecule has 118 valence electrons. The summed E-state index contributed by atoms with van der Waals surface area (Å²) in [6.07, 6.45) is 1.74. The van der Waals surface area contributed by atoms with E-state index in [-0.39, 0.29) is 5.84 Å². The maximum Gasteiger partial charge on any atom is 0.314 e. The van der Waals surface area contributed by atoms with E-state index in [2.05, 4.69) is 0 Å². The maximum atomic E-state index is 12.7. The quantitative estimate of drug-likeness (QED) is 0.550.